The Morgan fingerprint density at radius 3 is 2.75 bits per heavy atom. The van der Waals surface area contributed by atoms with E-state index in [1.54, 1.807) is 7.11 Å². The number of ether oxygens (including phenoxy) is 1. The highest BCUT2D eigenvalue weighted by Gasteiger charge is 2.32. The fourth-order valence-corrected chi connectivity index (χ4v) is 3.79. The maximum Gasteiger partial charge on any atom is 0.136 e. The molecule has 1 aliphatic rings. The first-order valence-electron chi connectivity index (χ1n) is 7.06. The third-order valence-corrected chi connectivity index (χ3v) is 5.53. The van der Waals surface area contributed by atoms with Crippen LogP contribution in [-0.4, -0.2) is 24.7 Å². The van der Waals surface area contributed by atoms with Crippen LogP contribution >= 0.6 is 11.8 Å². The van der Waals surface area contributed by atoms with Crippen molar-refractivity contribution in [3.05, 3.63) is 29.3 Å². The van der Waals surface area contributed by atoms with Gasteiger partial charge in [-0.1, -0.05) is 18.9 Å². The number of nitrogens with zero attached hydrogens (tertiary/aromatic N) is 1. The lowest BCUT2D eigenvalue weighted by Gasteiger charge is -2.27. The molecule has 0 saturated heterocycles. The fraction of sp³-hybridized carbons (Fsp3) is 0.562. The van der Waals surface area contributed by atoms with Crippen molar-refractivity contribution in [2.75, 3.05) is 19.9 Å². The van der Waals surface area contributed by atoms with E-state index in [4.69, 9.17) is 10.00 Å². The fourth-order valence-electron chi connectivity index (χ4n) is 2.85. The summed E-state index contributed by atoms with van der Waals surface area (Å²) in [5.41, 5.74) is 1.75. The van der Waals surface area contributed by atoms with Gasteiger partial charge in [-0.2, -0.15) is 17.0 Å². The Balaban J connectivity index is 1.93. The second-order valence-electron chi connectivity index (χ2n) is 5.34. The Kier molecular flexibility index (Phi) is 5.33. The standard InChI is InChI=1S/C16H22N2OS/c1-19-15-9-13(5-6-14(15)10-17)11-18-12-16(20-2)7-3-4-8-16/h5-6,9,18H,3-4,7-8,11-12H2,1-2H3. The maximum atomic E-state index is 8.98. The topological polar surface area (TPSA) is 45.0 Å². The highest BCUT2D eigenvalue weighted by molar-refractivity contribution is 8.00. The largest absolute Gasteiger partial charge is 0.495 e. The van der Waals surface area contributed by atoms with Crippen LogP contribution in [0.1, 0.15) is 36.8 Å². The van der Waals surface area contributed by atoms with Crippen LogP contribution in [0.2, 0.25) is 0 Å². The van der Waals surface area contributed by atoms with E-state index in [0.717, 1.165) is 18.7 Å². The number of hydrogen-bond acceptors (Lipinski definition) is 4. The molecule has 0 radical (unpaired) electrons. The lowest BCUT2D eigenvalue weighted by Crippen LogP contribution is -2.34. The molecular weight excluding hydrogens is 268 g/mol. The Labute approximate surface area is 125 Å². The molecular formula is C16H22N2OS. The highest BCUT2D eigenvalue weighted by atomic mass is 32.2. The monoisotopic (exact) mass is 290 g/mol. The molecule has 0 bridgehead atoms. The van der Waals surface area contributed by atoms with E-state index in [1.165, 1.54) is 25.7 Å². The van der Waals surface area contributed by atoms with E-state index < -0.39 is 0 Å². The average Bonchev–Trinajstić information content (AvgIpc) is 2.96. The van der Waals surface area contributed by atoms with Crippen molar-refractivity contribution in [3.63, 3.8) is 0 Å². The summed E-state index contributed by atoms with van der Waals surface area (Å²) in [4.78, 5) is 0. The number of rotatable bonds is 6. The molecule has 0 amide bonds. The number of methoxy groups -OCH3 is 1. The minimum Gasteiger partial charge on any atom is -0.495 e. The molecule has 0 unspecified atom stereocenters. The third-order valence-electron chi connectivity index (χ3n) is 4.11. The molecule has 2 rings (SSSR count). The van der Waals surface area contributed by atoms with Gasteiger partial charge in [0, 0.05) is 17.8 Å². The zero-order valence-corrected chi connectivity index (χ0v) is 13.1. The quantitative estimate of drug-likeness (QED) is 0.873. The predicted molar refractivity (Wildman–Crippen MR) is 84.1 cm³/mol. The number of nitrogens with one attached hydrogen (secondary N) is 1. The molecule has 0 heterocycles. The molecule has 1 saturated carbocycles. The molecule has 0 atom stereocenters. The predicted octanol–water partition coefficient (Wildman–Crippen LogP) is 3.33. The van der Waals surface area contributed by atoms with E-state index in [0.29, 0.717) is 16.1 Å². The van der Waals surface area contributed by atoms with Crippen LogP contribution in [0.25, 0.3) is 0 Å². The number of thioether (sulfide) groups is 1. The zero-order chi connectivity index (χ0) is 14.4. The summed E-state index contributed by atoms with van der Waals surface area (Å²) in [5.74, 6) is 0.659. The number of benzene rings is 1. The van der Waals surface area contributed by atoms with E-state index in [-0.39, 0.29) is 0 Å². The summed E-state index contributed by atoms with van der Waals surface area (Å²) in [6.07, 6.45) is 7.56. The Bertz CT molecular complexity index is 490. The molecule has 1 fully saturated rings. The summed E-state index contributed by atoms with van der Waals surface area (Å²) in [6, 6.07) is 7.91. The third kappa shape index (κ3) is 3.47. The van der Waals surface area contributed by atoms with Crippen molar-refractivity contribution in [1.82, 2.24) is 5.32 Å². The molecule has 108 valence electrons. The summed E-state index contributed by atoms with van der Waals surface area (Å²) in [6.45, 7) is 1.88. The Hall–Kier alpha value is -1.18. The normalized spacial score (nSPS) is 16.9. The van der Waals surface area contributed by atoms with Gasteiger partial charge in [0.1, 0.15) is 11.8 Å². The van der Waals surface area contributed by atoms with Crippen LogP contribution in [0, 0.1) is 11.3 Å². The number of hydrogen-bond donors (Lipinski definition) is 1. The lowest BCUT2D eigenvalue weighted by molar-refractivity contribution is 0.412. The van der Waals surface area contributed by atoms with E-state index in [9.17, 15) is 0 Å². The molecule has 1 aromatic carbocycles. The van der Waals surface area contributed by atoms with Gasteiger partial charge in [0.05, 0.1) is 12.7 Å². The average molecular weight is 290 g/mol. The summed E-state index contributed by atoms with van der Waals surface area (Å²) >= 11 is 2.00. The van der Waals surface area contributed by atoms with Crippen LogP contribution in [0.5, 0.6) is 5.75 Å². The molecule has 4 heteroatoms. The highest BCUT2D eigenvalue weighted by Crippen LogP contribution is 2.39. The van der Waals surface area contributed by atoms with E-state index in [1.807, 2.05) is 30.0 Å². The SMILES string of the molecule is COc1cc(CNCC2(SC)CCCC2)ccc1C#N. The minimum atomic E-state index is 0.427. The van der Waals surface area contributed by atoms with Gasteiger partial charge in [0.15, 0.2) is 0 Å². The second kappa shape index (κ2) is 7.01. The van der Waals surface area contributed by atoms with Crippen LogP contribution in [0.15, 0.2) is 18.2 Å². The Morgan fingerprint density at radius 1 is 1.40 bits per heavy atom. The van der Waals surface area contributed by atoms with Gasteiger partial charge in [-0.3, -0.25) is 0 Å². The van der Waals surface area contributed by atoms with Gasteiger partial charge < -0.3 is 10.1 Å². The molecule has 0 aliphatic heterocycles. The van der Waals surface area contributed by atoms with Crippen LogP contribution in [0.3, 0.4) is 0 Å². The smallest absolute Gasteiger partial charge is 0.136 e. The van der Waals surface area contributed by atoms with Gasteiger partial charge in [-0.05, 0) is 36.8 Å². The van der Waals surface area contributed by atoms with Crippen LogP contribution in [0.4, 0.5) is 0 Å². The van der Waals surface area contributed by atoms with Crippen molar-refractivity contribution < 1.29 is 4.74 Å². The van der Waals surface area contributed by atoms with Crippen molar-refractivity contribution >= 4 is 11.8 Å². The lowest BCUT2D eigenvalue weighted by atomic mass is 10.1. The second-order valence-corrected chi connectivity index (χ2v) is 6.62. The van der Waals surface area contributed by atoms with Crippen molar-refractivity contribution in [3.8, 4) is 11.8 Å². The minimum absolute atomic E-state index is 0.427. The Morgan fingerprint density at radius 2 is 2.15 bits per heavy atom. The molecule has 0 aromatic heterocycles. The summed E-state index contributed by atoms with van der Waals surface area (Å²) in [7, 11) is 1.61. The number of nitriles is 1. The first-order chi connectivity index (χ1) is 9.73. The molecule has 1 aromatic rings. The molecule has 1 aliphatic carbocycles. The van der Waals surface area contributed by atoms with Crippen molar-refractivity contribution in [1.29, 1.82) is 5.26 Å². The molecule has 20 heavy (non-hydrogen) atoms. The molecule has 3 nitrogen and oxygen atoms in total. The van der Waals surface area contributed by atoms with E-state index in [2.05, 4.69) is 17.6 Å². The summed E-state index contributed by atoms with van der Waals surface area (Å²) < 4.78 is 5.67. The van der Waals surface area contributed by atoms with Gasteiger partial charge in [-0.15, -0.1) is 0 Å². The molecule has 1 N–H and O–H groups in total. The summed E-state index contributed by atoms with van der Waals surface area (Å²) in [5, 5.41) is 12.5. The van der Waals surface area contributed by atoms with Crippen molar-refractivity contribution in [2.45, 2.75) is 37.0 Å². The maximum absolute atomic E-state index is 8.98. The molecule has 0 spiro atoms. The van der Waals surface area contributed by atoms with Gasteiger partial charge >= 0.3 is 0 Å². The van der Waals surface area contributed by atoms with Crippen molar-refractivity contribution in [2.24, 2.45) is 0 Å². The van der Waals surface area contributed by atoms with Crippen LogP contribution in [-0.2, 0) is 6.54 Å². The van der Waals surface area contributed by atoms with Gasteiger partial charge in [0.2, 0.25) is 0 Å². The van der Waals surface area contributed by atoms with E-state index >= 15 is 0 Å². The van der Waals surface area contributed by atoms with Crippen LogP contribution < -0.4 is 10.1 Å². The zero-order valence-electron chi connectivity index (χ0n) is 12.2. The van der Waals surface area contributed by atoms with Gasteiger partial charge in [0.25, 0.3) is 0 Å². The van der Waals surface area contributed by atoms with Gasteiger partial charge in [-0.25, -0.2) is 0 Å². The first kappa shape index (κ1) is 15.2. The first-order valence-corrected chi connectivity index (χ1v) is 8.28.